The summed E-state index contributed by atoms with van der Waals surface area (Å²) in [6.45, 7) is 3.59. The first-order valence-corrected chi connectivity index (χ1v) is 22.6. The second-order valence-corrected chi connectivity index (χ2v) is 15.3. The molecule has 9 nitrogen and oxygen atoms in total. The van der Waals surface area contributed by atoms with Crippen molar-refractivity contribution in [2.45, 2.75) is 187 Å². The van der Waals surface area contributed by atoms with Gasteiger partial charge in [0.25, 0.3) is 0 Å². The highest BCUT2D eigenvalue weighted by Crippen LogP contribution is 2.43. The Morgan fingerprint density at radius 1 is 0.585 bits per heavy atom. The van der Waals surface area contributed by atoms with E-state index in [9.17, 15) is 19.0 Å². The van der Waals surface area contributed by atoms with Gasteiger partial charge in [-0.2, -0.15) is 0 Å². The van der Waals surface area contributed by atoms with Gasteiger partial charge in [0.2, 0.25) is 0 Å². The number of allylic oxidation sites excluding steroid dienone is 8. The minimum absolute atomic E-state index is 0.0492. The van der Waals surface area contributed by atoms with Crippen LogP contribution in [0.3, 0.4) is 0 Å². The van der Waals surface area contributed by atoms with E-state index in [4.69, 9.17) is 24.3 Å². The summed E-state index contributed by atoms with van der Waals surface area (Å²) in [4.78, 5) is 34.8. The van der Waals surface area contributed by atoms with E-state index in [-0.39, 0.29) is 32.6 Å². The molecule has 3 N–H and O–H groups in total. The molecule has 0 aromatic heterocycles. The number of carbonyl (C=O) groups excluding carboxylic acids is 2. The molecule has 0 fully saturated rings. The van der Waals surface area contributed by atoms with Crippen molar-refractivity contribution in [1.82, 2.24) is 0 Å². The molecular weight excluding hydrogens is 689 g/mol. The van der Waals surface area contributed by atoms with Crippen molar-refractivity contribution in [2.24, 2.45) is 5.73 Å². The van der Waals surface area contributed by atoms with E-state index >= 15 is 0 Å². The van der Waals surface area contributed by atoms with Crippen LogP contribution in [0.2, 0.25) is 0 Å². The maximum Gasteiger partial charge on any atom is 0.472 e. The second-order valence-electron chi connectivity index (χ2n) is 13.8. The van der Waals surface area contributed by atoms with Crippen molar-refractivity contribution in [3.8, 4) is 0 Å². The number of ether oxygens (including phenoxy) is 2. The van der Waals surface area contributed by atoms with Gasteiger partial charge in [-0.3, -0.25) is 18.6 Å². The van der Waals surface area contributed by atoms with Gasteiger partial charge in [0.1, 0.15) is 6.61 Å². The molecule has 0 aromatic rings. The van der Waals surface area contributed by atoms with Crippen LogP contribution < -0.4 is 5.73 Å². The van der Waals surface area contributed by atoms with Gasteiger partial charge >= 0.3 is 19.8 Å². The fourth-order valence-corrected chi connectivity index (χ4v) is 6.39. The number of phosphoric ester groups is 1. The van der Waals surface area contributed by atoms with Crippen molar-refractivity contribution in [3.63, 3.8) is 0 Å². The third kappa shape index (κ3) is 39.5. The van der Waals surface area contributed by atoms with Crippen LogP contribution in [0.1, 0.15) is 181 Å². The van der Waals surface area contributed by atoms with Crippen LogP contribution in [0.15, 0.2) is 48.6 Å². The molecule has 2 unspecified atom stereocenters. The molecule has 53 heavy (non-hydrogen) atoms. The first-order chi connectivity index (χ1) is 25.8. The lowest BCUT2D eigenvalue weighted by molar-refractivity contribution is -0.161. The molecule has 0 spiro atoms. The van der Waals surface area contributed by atoms with Gasteiger partial charge in [-0.25, -0.2) is 4.57 Å². The SMILES string of the molecule is CCC=CCC=CCC=CCC=CCCCCCCC(=O)OCC(COP(=O)(O)OCCN)OC(=O)CCCCCCCCCCCCCCCCC. The van der Waals surface area contributed by atoms with Gasteiger partial charge in [0, 0.05) is 19.4 Å². The van der Waals surface area contributed by atoms with E-state index < -0.39 is 32.5 Å². The molecule has 0 aromatic carbocycles. The number of hydrogen-bond acceptors (Lipinski definition) is 8. The molecule has 0 radical (unpaired) electrons. The quantitative estimate of drug-likeness (QED) is 0.0271. The first-order valence-electron chi connectivity index (χ1n) is 21.1. The lowest BCUT2D eigenvalue weighted by Crippen LogP contribution is -2.29. The average molecular weight is 768 g/mol. The second kappa shape index (κ2) is 39.7. The molecule has 10 heteroatoms. The van der Waals surface area contributed by atoms with Crippen LogP contribution in [0, 0.1) is 0 Å². The molecule has 308 valence electrons. The molecule has 2 atom stereocenters. The molecule has 0 aliphatic rings. The van der Waals surface area contributed by atoms with E-state index in [1.165, 1.54) is 77.0 Å². The predicted octanol–water partition coefficient (Wildman–Crippen LogP) is 11.9. The Kier molecular flexibility index (Phi) is 38.1. The standard InChI is InChI=1S/C43H78NO8P/c1-3-5-7-9-11-13-15-17-19-20-22-23-25-27-29-31-33-35-42(45)49-39-41(40-51-53(47,48)50-38-37-44)52-43(46)36-34-32-30-28-26-24-21-18-16-14-12-10-8-6-4-2/h5,7,11,13,17,19,22-23,41H,3-4,6,8-10,12,14-16,18,20-21,24-40,44H2,1-2H3,(H,47,48). The Morgan fingerprint density at radius 3 is 1.55 bits per heavy atom. The number of rotatable bonds is 39. The summed E-state index contributed by atoms with van der Waals surface area (Å²) in [5.74, 6) is -0.854. The van der Waals surface area contributed by atoms with Gasteiger partial charge in [-0.05, 0) is 51.4 Å². The van der Waals surface area contributed by atoms with Crippen molar-refractivity contribution in [1.29, 1.82) is 0 Å². The van der Waals surface area contributed by atoms with Crippen molar-refractivity contribution in [2.75, 3.05) is 26.4 Å². The molecule has 0 bridgehead atoms. The summed E-state index contributed by atoms with van der Waals surface area (Å²) >= 11 is 0. The van der Waals surface area contributed by atoms with Crippen molar-refractivity contribution >= 4 is 19.8 Å². The fourth-order valence-electron chi connectivity index (χ4n) is 5.62. The van der Waals surface area contributed by atoms with Crippen LogP contribution >= 0.6 is 7.82 Å². The number of phosphoric acid groups is 1. The highest BCUT2D eigenvalue weighted by atomic mass is 31.2. The van der Waals surface area contributed by atoms with Crippen LogP contribution in [0.25, 0.3) is 0 Å². The predicted molar refractivity (Wildman–Crippen MR) is 220 cm³/mol. The summed E-state index contributed by atoms with van der Waals surface area (Å²) in [6.07, 6.45) is 44.2. The monoisotopic (exact) mass is 768 g/mol. The minimum atomic E-state index is -4.38. The summed E-state index contributed by atoms with van der Waals surface area (Å²) in [5, 5.41) is 0. The Morgan fingerprint density at radius 2 is 1.04 bits per heavy atom. The molecular formula is C43H78NO8P. The van der Waals surface area contributed by atoms with Gasteiger partial charge < -0.3 is 20.1 Å². The zero-order valence-electron chi connectivity index (χ0n) is 33.7. The van der Waals surface area contributed by atoms with Gasteiger partial charge in [-0.15, -0.1) is 0 Å². The van der Waals surface area contributed by atoms with Crippen LogP contribution in [-0.4, -0.2) is 49.3 Å². The van der Waals surface area contributed by atoms with Crippen molar-refractivity contribution < 1.29 is 37.6 Å². The molecule has 0 rings (SSSR count). The smallest absolute Gasteiger partial charge is 0.462 e. The highest BCUT2D eigenvalue weighted by Gasteiger charge is 2.26. The summed E-state index contributed by atoms with van der Waals surface area (Å²) in [6, 6.07) is 0. The Balaban J connectivity index is 4.20. The normalized spacial score (nSPS) is 13.8. The fraction of sp³-hybridized carbons (Fsp3) is 0.767. The summed E-state index contributed by atoms with van der Waals surface area (Å²) < 4.78 is 32.7. The summed E-state index contributed by atoms with van der Waals surface area (Å²) in [5.41, 5.74) is 5.34. The first kappa shape index (κ1) is 51.0. The maximum atomic E-state index is 12.6. The largest absolute Gasteiger partial charge is 0.472 e. The maximum absolute atomic E-state index is 12.6. The van der Waals surface area contributed by atoms with Gasteiger partial charge in [0.05, 0.1) is 13.2 Å². The number of nitrogens with two attached hydrogens (primary N) is 1. The minimum Gasteiger partial charge on any atom is -0.462 e. The number of carbonyl (C=O) groups is 2. The molecule has 0 saturated carbocycles. The molecule has 0 saturated heterocycles. The Labute approximate surface area is 324 Å². The Hall–Kier alpha value is -2.03. The molecule has 0 amide bonds. The molecule has 0 aliphatic carbocycles. The van der Waals surface area contributed by atoms with Gasteiger partial charge in [0.15, 0.2) is 6.10 Å². The zero-order chi connectivity index (χ0) is 38.9. The van der Waals surface area contributed by atoms with E-state index in [1.54, 1.807) is 0 Å². The third-order valence-electron chi connectivity index (χ3n) is 8.73. The van der Waals surface area contributed by atoms with E-state index in [0.717, 1.165) is 64.2 Å². The van der Waals surface area contributed by atoms with E-state index in [2.05, 4.69) is 62.5 Å². The van der Waals surface area contributed by atoms with E-state index in [1.807, 2.05) is 0 Å². The number of unbranched alkanes of at least 4 members (excludes halogenated alkanes) is 18. The zero-order valence-corrected chi connectivity index (χ0v) is 34.6. The van der Waals surface area contributed by atoms with Gasteiger partial charge in [-0.1, -0.05) is 165 Å². The topological polar surface area (TPSA) is 134 Å². The van der Waals surface area contributed by atoms with E-state index in [0.29, 0.717) is 12.8 Å². The lowest BCUT2D eigenvalue weighted by atomic mass is 10.0. The lowest BCUT2D eigenvalue weighted by Gasteiger charge is -2.19. The van der Waals surface area contributed by atoms with Crippen molar-refractivity contribution in [3.05, 3.63) is 48.6 Å². The molecule has 0 aliphatic heterocycles. The Bertz CT molecular complexity index is 1010. The van der Waals surface area contributed by atoms with Crippen LogP contribution in [0.5, 0.6) is 0 Å². The molecule has 0 heterocycles. The average Bonchev–Trinajstić information content (AvgIpc) is 3.14. The number of hydrogen-bond donors (Lipinski definition) is 2. The van der Waals surface area contributed by atoms with Crippen LogP contribution in [-0.2, 0) is 32.7 Å². The third-order valence-corrected chi connectivity index (χ3v) is 9.71. The summed E-state index contributed by atoms with van der Waals surface area (Å²) in [7, 11) is -4.38. The highest BCUT2D eigenvalue weighted by molar-refractivity contribution is 7.47. The number of esters is 2. The van der Waals surface area contributed by atoms with Crippen LogP contribution in [0.4, 0.5) is 0 Å².